The topological polar surface area (TPSA) is 52.6 Å². The van der Waals surface area contributed by atoms with Gasteiger partial charge in [-0.1, -0.05) is 32.9 Å². The Bertz CT molecular complexity index is 440. The molecule has 0 unspecified atom stereocenters. The van der Waals surface area contributed by atoms with Crippen molar-refractivity contribution in [2.24, 2.45) is 0 Å². The summed E-state index contributed by atoms with van der Waals surface area (Å²) in [5, 5.41) is 0. The lowest BCUT2D eigenvalue weighted by Gasteiger charge is -2.18. The zero-order valence-electron chi connectivity index (χ0n) is 11.9. The second-order valence-corrected chi connectivity index (χ2v) is 5.21. The van der Waals surface area contributed by atoms with Crippen molar-refractivity contribution in [1.29, 1.82) is 0 Å². The third-order valence-corrected chi connectivity index (χ3v) is 2.61. The molecule has 0 atom stereocenters. The fraction of sp³-hybridized carbons (Fsp3) is 0.467. The molecule has 0 radical (unpaired) electrons. The summed E-state index contributed by atoms with van der Waals surface area (Å²) in [6.07, 6.45) is 0. The molecule has 1 rings (SSSR count). The summed E-state index contributed by atoms with van der Waals surface area (Å²) < 4.78 is 9.53. The van der Waals surface area contributed by atoms with Crippen LogP contribution >= 0.6 is 0 Å². The molecule has 104 valence electrons. The highest BCUT2D eigenvalue weighted by molar-refractivity contribution is 5.90. The van der Waals surface area contributed by atoms with E-state index in [1.165, 1.54) is 0 Å². The predicted octanol–water partition coefficient (Wildman–Crippen LogP) is 2.70. The maximum Gasteiger partial charge on any atom is 0.344 e. The quantitative estimate of drug-likeness (QED) is 0.785. The van der Waals surface area contributed by atoms with Gasteiger partial charge in [-0.25, -0.2) is 9.59 Å². The van der Waals surface area contributed by atoms with Crippen molar-refractivity contribution in [2.75, 3.05) is 13.2 Å². The highest BCUT2D eigenvalue weighted by atomic mass is 16.6. The van der Waals surface area contributed by atoms with E-state index in [0.717, 1.165) is 5.56 Å². The Kier molecular flexibility index (Phi) is 5.10. The highest BCUT2D eigenvalue weighted by Crippen LogP contribution is 2.22. The minimum absolute atomic E-state index is 0.0351. The van der Waals surface area contributed by atoms with E-state index in [2.05, 4.69) is 25.5 Å². The average molecular weight is 264 g/mol. The number of carbonyl (C=O) groups excluding carboxylic acids is 2. The lowest BCUT2D eigenvalue weighted by Crippen LogP contribution is -2.17. The molecule has 0 saturated carbocycles. The summed E-state index contributed by atoms with van der Waals surface area (Å²) >= 11 is 0. The third-order valence-electron chi connectivity index (χ3n) is 2.61. The summed E-state index contributed by atoms with van der Waals surface area (Å²) in [5.74, 6) is -1.06. The maximum absolute atomic E-state index is 11.7. The molecule has 4 nitrogen and oxygen atoms in total. The van der Waals surface area contributed by atoms with Crippen molar-refractivity contribution in [3.63, 3.8) is 0 Å². The van der Waals surface area contributed by atoms with Crippen LogP contribution in [0.2, 0.25) is 0 Å². The number of rotatable bonds is 4. The van der Waals surface area contributed by atoms with Crippen LogP contribution in [0.1, 0.15) is 43.6 Å². The van der Waals surface area contributed by atoms with Gasteiger partial charge in [-0.3, -0.25) is 0 Å². The highest BCUT2D eigenvalue weighted by Gasteiger charge is 2.15. The van der Waals surface area contributed by atoms with Crippen molar-refractivity contribution in [2.45, 2.75) is 33.1 Å². The Morgan fingerprint density at radius 2 is 1.63 bits per heavy atom. The second kappa shape index (κ2) is 6.36. The average Bonchev–Trinajstić information content (AvgIpc) is 2.35. The molecule has 0 spiro atoms. The van der Waals surface area contributed by atoms with Crippen LogP contribution in [0.3, 0.4) is 0 Å². The molecule has 0 aliphatic heterocycles. The maximum atomic E-state index is 11.7. The van der Waals surface area contributed by atoms with Gasteiger partial charge in [-0.2, -0.15) is 0 Å². The van der Waals surface area contributed by atoms with Crippen LogP contribution in [-0.4, -0.2) is 25.2 Å². The normalized spacial score (nSPS) is 10.9. The van der Waals surface area contributed by atoms with Gasteiger partial charge in [0.05, 0.1) is 12.2 Å². The Hall–Kier alpha value is -1.84. The summed E-state index contributed by atoms with van der Waals surface area (Å²) in [6, 6.07) is 7.18. The molecule has 0 amide bonds. The third kappa shape index (κ3) is 4.73. The molecule has 0 N–H and O–H groups in total. The van der Waals surface area contributed by atoms with Crippen LogP contribution in [0, 0.1) is 0 Å². The van der Waals surface area contributed by atoms with Gasteiger partial charge in [0.25, 0.3) is 0 Å². The Labute approximate surface area is 113 Å². The number of esters is 2. The Morgan fingerprint density at radius 1 is 1.05 bits per heavy atom. The first-order valence-electron chi connectivity index (χ1n) is 6.28. The zero-order valence-corrected chi connectivity index (χ0v) is 11.9. The van der Waals surface area contributed by atoms with Crippen LogP contribution in [0.5, 0.6) is 0 Å². The molecule has 0 fully saturated rings. The fourth-order valence-corrected chi connectivity index (χ4v) is 1.52. The van der Waals surface area contributed by atoms with E-state index in [1.807, 2.05) is 12.1 Å². The van der Waals surface area contributed by atoms with E-state index in [9.17, 15) is 9.59 Å². The van der Waals surface area contributed by atoms with Crippen LogP contribution in [0.25, 0.3) is 0 Å². The Morgan fingerprint density at radius 3 is 2.11 bits per heavy atom. The minimum atomic E-state index is -0.540. The van der Waals surface area contributed by atoms with Crippen molar-refractivity contribution in [3.05, 3.63) is 35.4 Å². The van der Waals surface area contributed by atoms with Gasteiger partial charge in [0.2, 0.25) is 0 Å². The first kappa shape index (κ1) is 15.2. The smallest absolute Gasteiger partial charge is 0.344 e. The number of carbonyl (C=O) groups is 2. The van der Waals surface area contributed by atoms with E-state index < -0.39 is 11.9 Å². The predicted molar refractivity (Wildman–Crippen MR) is 72.1 cm³/mol. The van der Waals surface area contributed by atoms with Gasteiger partial charge >= 0.3 is 11.9 Å². The van der Waals surface area contributed by atoms with Crippen molar-refractivity contribution in [3.8, 4) is 0 Å². The minimum Gasteiger partial charge on any atom is -0.463 e. The molecule has 0 heterocycles. The molecule has 0 saturated heterocycles. The summed E-state index contributed by atoms with van der Waals surface area (Å²) in [6.45, 7) is 7.92. The van der Waals surface area contributed by atoms with Gasteiger partial charge < -0.3 is 9.47 Å². The van der Waals surface area contributed by atoms with Gasteiger partial charge in [-0.15, -0.1) is 0 Å². The summed E-state index contributed by atoms with van der Waals surface area (Å²) in [4.78, 5) is 22.7. The van der Waals surface area contributed by atoms with Crippen LogP contribution in [0.15, 0.2) is 24.3 Å². The monoisotopic (exact) mass is 264 g/mol. The summed E-state index contributed by atoms with van der Waals surface area (Å²) in [5.41, 5.74) is 1.60. The molecule has 0 aliphatic carbocycles. The van der Waals surface area contributed by atoms with E-state index in [0.29, 0.717) is 5.56 Å². The molecular formula is C15H20O4. The molecular weight excluding hydrogens is 244 g/mol. The van der Waals surface area contributed by atoms with Gasteiger partial charge in [0, 0.05) is 0 Å². The zero-order chi connectivity index (χ0) is 14.5. The van der Waals surface area contributed by atoms with Gasteiger partial charge in [0.1, 0.15) is 0 Å². The van der Waals surface area contributed by atoms with Gasteiger partial charge in [-0.05, 0) is 30.0 Å². The lowest BCUT2D eigenvalue weighted by molar-refractivity contribution is -0.146. The summed E-state index contributed by atoms with van der Waals surface area (Å²) in [7, 11) is 0. The molecule has 0 aromatic heterocycles. The first-order chi connectivity index (χ1) is 8.84. The first-order valence-corrected chi connectivity index (χ1v) is 6.28. The van der Waals surface area contributed by atoms with Crippen LogP contribution in [0.4, 0.5) is 0 Å². The molecule has 1 aromatic rings. The van der Waals surface area contributed by atoms with Crippen molar-refractivity contribution in [1.82, 2.24) is 0 Å². The van der Waals surface area contributed by atoms with Crippen LogP contribution in [-0.2, 0) is 19.7 Å². The Balaban J connectivity index is 2.61. The molecule has 0 aliphatic rings. The van der Waals surface area contributed by atoms with Crippen LogP contribution < -0.4 is 0 Å². The molecule has 4 heteroatoms. The fourth-order valence-electron chi connectivity index (χ4n) is 1.52. The molecule has 19 heavy (non-hydrogen) atoms. The second-order valence-electron chi connectivity index (χ2n) is 5.21. The van der Waals surface area contributed by atoms with Crippen molar-refractivity contribution >= 4 is 11.9 Å². The molecule has 1 aromatic carbocycles. The largest absolute Gasteiger partial charge is 0.463 e. The lowest BCUT2D eigenvalue weighted by atomic mass is 9.87. The van der Waals surface area contributed by atoms with E-state index in [-0.39, 0.29) is 18.6 Å². The SMILES string of the molecule is CCOC(=O)COC(=O)c1ccc(C(C)(C)C)cc1. The molecule has 0 bridgehead atoms. The number of hydrogen-bond donors (Lipinski definition) is 0. The number of ether oxygens (including phenoxy) is 2. The number of benzene rings is 1. The van der Waals surface area contributed by atoms with E-state index >= 15 is 0 Å². The van der Waals surface area contributed by atoms with E-state index in [1.54, 1.807) is 19.1 Å². The van der Waals surface area contributed by atoms with E-state index in [4.69, 9.17) is 4.74 Å². The number of hydrogen-bond acceptors (Lipinski definition) is 4. The standard InChI is InChI=1S/C15H20O4/c1-5-18-13(16)10-19-14(17)11-6-8-12(9-7-11)15(2,3)4/h6-9H,5,10H2,1-4H3. The van der Waals surface area contributed by atoms with Crippen molar-refractivity contribution < 1.29 is 19.1 Å². The van der Waals surface area contributed by atoms with Gasteiger partial charge in [0.15, 0.2) is 6.61 Å².